The topological polar surface area (TPSA) is 42.2 Å². The van der Waals surface area contributed by atoms with Gasteiger partial charge in [0, 0.05) is 0 Å². The van der Waals surface area contributed by atoms with Gasteiger partial charge in [-0.3, -0.25) is 4.79 Å². The highest BCUT2D eigenvalue weighted by molar-refractivity contribution is 5.95. The Kier molecular flexibility index (Phi) is 3.35. The highest BCUT2D eigenvalue weighted by atomic mass is 16.3. The number of aryl methyl sites for hydroxylation is 3. The number of fused-ring (bicyclic) bond motifs is 1. The van der Waals surface area contributed by atoms with Crippen molar-refractivity contribution in [2.75, 3.05) is 0 Å². The van der Waals surface area contributed by atoms with Crippen molar-refractivity contribution in [2.24, 2.45) is 0 Å². The average Bonchev–Trinajstić information content (AvgIpc) is 2.78. The number of carbonyl (C=O) groups excluding carboxylic acids is 1. The molecule has 1 aromatic heterocycles. The highest BCUT2D eigenvalue weighted by Crippen LogP contribution is 2.29. The first-order chi connectivity index (χ1) is 9.65. The molecule has 20 heavy (non-hydrogen) atoms. The summed E-state index contributed by atoms with van der Waals surface area (Å²) in [6.45, 7) is 3.69. The molecule has 1 N–H and O–H groups in total. The summed E-state index contributed by atoms with van der Waals surface area (Å²) in [5.74, 6) is 1.42. The van der Waals surface area contributed by atoms with Crippen molar-refractivity contribution >= 4 is 5.91 Å². The third-order valence-corrected chi connectivity index (χ3v) is 3.96. The Morgan fingerprint density at radius 2 is 2.10 bits per heavy atom. The van der Waals surface area contributed by atoms with E-state index in [1.54, 1.807) is 6.07 Å². The Morgan fingerprint density at radius 1 is 1.30 bits per heavy atom. The molecule has 0 fully saturated rings. The summed E-state index contributed by atoms with van der Waals surface area (Å²) in [6.07, 6.45) is 3.22. The third-order valence-electron chi connectivity index (χ3n) is 3.96. The van der Waals surface area contributed by atoms with E-state index < -0.39 is 0 Å². The van der Waals surface area contributed by atoms with Gasteiger partial charge in [0.15, 0.2) is 0 Å². The number of rotatable bonds is 2. The fourth-order valence-electron chi connectivity index (χ4n) is 3.00. The van der Waals surface area contributed by atoms with Crippen molar-refractivity contribution in [3.63, 3.8) is 0 Å². The van der Waals surface area contributed by atoms with Gasteiger partial charge in [-0.2, -0.15) is 0 Å². The molecule has 0 saturated carbocycles. The second kappa shape index (κ2) is 5.16. The lowest BCUT2D eigenvalue weighted by Crippen LogP contribution is -2.31. The number of hydrogen-bond donors (Lipinski definition) is 1. The van der Waals surface area contributed by atoms with Gasteiger partial charge in [0.05, 0.1) is 11.6 Å². The highest BCUT2D eigenvalue weighted by Gasteiger charge is 2.23. The molecule has 2 aromatic rings. The molecule has 0 spiro atoms. The van der Waals surface area contributed by atoms with Crippen molar-refractivity contribution in [3.05, 3.63) is 58.5 Å². The lowest BCUT2D eigenvalue weighted by molar-refractivity contribution is 0.0931. The molecule has 0 saturated heterocycles. The molecular formula is C17H19NO2. The molecule has 0 unspecified atom stereocenters. The van der Waals surface area contributed by atoms with Crippen LogP contribution in [0.25, 0.3) is 0 Å². The minimum atomic E-state index is -0.0407. The number of hydrogen-bond acceptors (Lipinski definition) is 2. The fraction of sp³-hybridized carbons (Fsp3) is 0.353. The van der Waals surface area contributed by atoms with Crippen molar-refractivity contribution < 1.29 is 9.21 Å². The van der Waals surface area contributed by atoms with Gasteiger partial charge in [-0.15, -0.1) is 0 Å². The maximum Gasteiger partial charge on any atom is 0.255 e. The normalized spacial score (nSPS) is 17.6. The van der Waals surface area contributed by atoms with Crippen LogP contribution in [0.15, 0.2) is 34.7 Å². The molecule has 0 radical (unpaired) electrons. The van der Waals surface area contributed by atoms with E-state index in [1.807, 2.05) is 19.9 Å². The Hall–Kier alpha value is -2.03. The van der Waals surface area contributed by atoms with Crippen LogP contribution in [-0.2, 0) is 6.42 Å². The van der Waals surface area contributed by atoms with Crippen LogP contribution in [0.3, 0.4) is 0 Å². The van der Waals surface area contributed by atoms with Gasteiger partial charge in [-0.25, -0.2) is 0 Å². The Morgan fingerprint density at radius 3 is 2.85 bits per heavy atom. The number of nitrogens with one attached hydrogen (secondary N) is 1. The quantitative estimate of drug-likeness (QED) is 0.903. The second-order valence-electron chi connectivity index (χ2n) is 5.44. The van der Waals surface area contributed by atoms with Crippen LogP contribution >= 0.6 is 0 Å². The van der Waals surface area contributed by atoms with Gasteiger partial charge < -0.3 is 9.73 Å². The van der Waals surface area contributed by atoms with Crippen LogP contribution < -0.4 is 5.32 Å². The van der Waals surface area contributed by atoms with E-state index in [0.717, 1.165) is 25.0 Å². The summed E-state index contributed by atoms with van der Waals surface area (Å²) in [7, 11) is 0. The van der Waals surface area contributed by atoms with Crippen LogP contribution in [0.1, 0.15) is 51.9 Å². The zero-order valence-corrected chi connectivity index (χ0v) is 11.9. The van der Waals surface area contributed by atoms with E-state index in [4.69, 9.17) is 4.42 Å². The molecule has 104 valence electrons. The predicted molar refractivity (Wildman–Crippen MR) is 77.8 cm³/mol. The van der Waals surface area contributed by atoms with E-state index in [2.05, 4.69) is 23.5 Å². The van der Waals surface area contributed by atoms with Gasteiger partial charge in [-0.1, -0.05) is 24.3 Å². The average molecular weight is 269 g/mol. The van der Waals surface area contributed by atoms with Crippen molar-refractivity contribution in [1.29, 1.82) is 0 Å². The molecule has 1 aliphatic rings. The molecule has 1 amide bonds. The van der Waals surface area contributed by atoms with Crippen LogP contribution in [-0.4, -0.2) is 5.91 Å². The first-order valence-corrected chi connectivity index (χ1v) is 7.11. The first kappa shape index (κ1) is 13.0. The van der Waals surface area contributed by atoms with E-state index in [-0.39, 0.29) is 11.9 Å². The molecule has 1 atom stereocenters. The summed E-state index contributed by atoms with van der Waals surface area (Å²) < 4.78 is 5.43. The Balaban J connectivity index is 1.82. The van der Waals surface area contributed by atoms with E-state index in [9.17, 15) is 4.79 Å². The smallest absolute Gasteiger partial charge is 0.255 e. The van der Waals surface area contributed by atoms with Crippen molar-refractivity contribution in [1.82, 2.24) is 5.32 Å². The van der Waals surface area contributed by atoms with Gasteiger partial charge in [0.1, 0.15) is 11.5 Å². The van der Waals surface area contributed by atoms with Crippen molar-refractivity contribution in [2.45, 2.75) is 39.2 Å². The number of carbonyl (C=O) groups is 1. The minimum Gasteiger partial charge on any atom is -0.466 e. The summed E-state index contributed by atoms with van der Waals surface area (Å²) in [5, 5.41) is 3.15. The molecule has 1 aliphatic carbocycles. The number of furan rings is 1. The summed E-state index contributed by atoms with van der Waals surface area (Å²) in [6, 6.07) is 10.3. The van der Waals surface area contributed by atoms with Gasteiger partial charge in [0.2, 0.25) is 0 Å². The zero-order chi connectivity index (χ0) is 14.1. The maximum absolute atomic E-state index is 12.4. The lowest BCUT2D eigenvalue weighted by Gasteiger charge is -2.26. The zero-order valence-electron chi connectivity index (χ0n) is 11.9. The number of benzene rings is 1. The first-order valence-electron chi connectivity index (χ1n) is 7.11. The number of amides is 1. The molecule has 0 bridgehead atoms. The van der Waals surface area contributed by atoms with Gasteiger partial charge in [0.25, 0.3) is 5.91 Å². The van der Waals surface area contributed by atoms with Crippen LogP contribution in [0.4, 0.5) is 0 Å². The third kappa shape index (κ3) is 2.36. The van der Waals surface area contributed by atoms with E-state index in [1.165, 1.54) is 11.1 Å². The SMILES string of the molecule is Cc1cc(C(=O)N[C@H]2CCCc3ccccc32)c(C)o1. The molecule has 3 rings (SSSR count). The lowest BCUT2D eigenvalue weighted by atomic mass is 9.87. The standard InChI is InChI=1S/C17H19NO2/c1-11-10-15(12(2)20-11)17(19)18-16-9-5-7-13-6-3-4-8-14(13)16/h3-4,6,8,10,16H,5,7,9H2,1-2H3,(H,18,19)/t16-/m0/s1. The summed E-state index contributed by atoms with van der Waals surface area (Å²) >= 11 is 0. The second-order valence-corrected chi connectivity index (χ2v) is 5.44. The van der Waals surface area contributed by atoms with Crippen LogP contribution in [0.5, 0.6) is 0 Å². The van der Waals surface area contributed by atoms with Crippen LogP contribution in [0, 0.1) is 13.8 Å². The van der Waals surface area contributed by atoms with E-state index in [0.29, 0.717) is 11.3 Å². The van der Waals surface area contributed by atoms with Gasteiger partial charge in [-0.05, 0) is 50.3 Å². The van der Waals surface area contributed by atoms with Crippen molar-refractivity contribution in [3.8, 4) is 0 Å². The molecule has 1 aromatic carbocycles. The predicted octanol–water partition coefficient (Wildman–Crippen LogP) is 3.70. The summed E-state index contributed by atoms with van der Waals surface area (Å²) in [5.41, 5.74) is 3.25. The van der Waals surface area contributed by atoms with Crippen LogP contribution in [0.2, 0.25) is 0 Å². The van der Waals surface area contributed by atoms with E-state index >= 15 is 0 Å². The fourth-order valence-corrected chi connectivity index (χ4v) is 3.00. The summed E-state index contributed by atoms with van der Waals surface area (Å²) in [4.78, 5) is 12.4. The van der Waals surface area contributed by atoms with Gasteiger partial charge >= 0.3 is 0 Å². The molecule has 3 nitrogen and oxygen atoms in total. The largest absolute Gasteiger partial charge is 0.466 e. The molecule has 0 aliphatic heterocycles. The monoisotopic (exact) mass is 269 g/mol. The maximum atomic E-state index is 12.4. The Bertz CT molecular complexity index is 642. The molecule has 1 heterocycles. The minimum absolute atomic E-state index is 0.0407. The molecule has 3 heteroatoms. The molecular weight excluding hydrogens is 250 g/mol. The Labute approximate surface area is 119 Å².